The first-order valence-electron chi connectivity index (χ1n) is 8.14. The van der Waals surface area contributed by atoms with E-state index in [0.717, 1.165) is 32.8 Å². The van der Waals surface area contributed by atoms with E-state index in [0.29, 0.717) is 18.1 Å². The number of halogens is 1. The van der Waals surface area contributed by atoms with Crippen LogP contribution in [0.5, 0.6) is 0 Å². The standard InChI is InChI=1S/C17H20FN5O2/c18-13-2-1-3-14(10-13)22-16-12-20-15(11-21-16)17(24)19-4-5-23-6-8-25-9-7-23/h1-3,10-12H,4-9H2,(H,19,24)(H,21,22). The Hall–Kier alpha value is -2.58. The average molecular weight is 345 g/mol. The minimum Gasteiger partial charge on any atom is -0.379 e. The fraction of sp³-hybridized carbons (Fsp3) is 0.353. The summed E-state index contributed by atoms with van der Waals surface area (Å²) in [6.07, 6.45) is 2.84. The van der Waals surface area contributed by atoms with Crippen LogP contribution in [0.4, 0.5) is 15.9 Å². The topological polar surface area (TPSA) is 79.4 Å². The fourth-order valence-electron chi connectivity index (χ4n) is 2.47. The first-order valence-corrected chi connectivity index (χ1v) is 8.14. The molecule has 0 bridgehead atoms. The number of amides is 1. The van der Waals surface area contributed by atoms with Crippen molar-refractivity contribution < 1.29 is 13.9 Å². The van der Waals surface area contributed by atoms with Crippen LogP contribution in [0.15, 0.2) is 36.7 Å². The number of ether oxygens (including phenoxy) is 1. The van der Waals surface area contributed by atoms with Gasteiger partial charge in [-0.25, -0.2) is 14.4 Å². The molecule has 1 aromatic carbocycles. The van der Waals surface area contributed by atoms with Gasteiger partial charge in [0.15, 0.2) is 0 Å². The largest absolute Gasteiger partial charge is 0.379 e. The van der Waals surface area contributed by atoms with Gasteiger partial charge in [-0.1, -0.05) is 6.07 Å². The molecule has 2 heterocycles. The first kappa shape index (κ1) is 17.2. The van der Waals surface area contributed by atoms with E-state index in [1.54, 1.807) is 12.1 Å². The van der Waals surface area contributed by atoms with Crippen molar-refractivity contribution in [1.82, 2.24) is 20.2 Å². The second kappa shape index (κ2) is 8.50. The molecule has 0 unspecified atom stereocenters. The number of benzene rings is 1. The van der Waals surface area contributed by atoms with E-state index < -0.39 is 0 Å². The molecule has 2 aromatic rings. The second-order valence-corrected chi connectivity index (χ2v) is 5.63. The zero-order valence-corrected chi connectivity index (χ0v) is 13.7. The lowest BCUT2D eigenvalue weighted by atomic mass is 10.3. The van der Waals surface area contributed by atoms with E-state index in [4.69, 9.17) is 4.74 Å². The first-order chi connectivity index (χ1) is 12.2. The van der Waals surface area contributed by atoms with Crippen molar-refractivity contribution in [2.24, 2.45) is 0 Å². The van der Waals surface area contributed by atoms with Crippen LogP contribution in [0.1, 0.15) is 10.5 Å². The van der Waals surface area contributed by atoms with Crippen LogP contribution in [0, 0.1) is 5.82 Å². The SMILES string of the molecule is O=C(NCCN1CCOCC1)c1cnc(Nc2cccc(F)c2)cn1. The lowest BCUT2D eigenvalue weighted by Crippen LogP contribution is -2.41. The summed E-state index contributed by atoms with van der Waals surface area (Å²) < 4.78 is 18.4. The van der Waals surface area contributed by atoms with E-state index >= 15 is 0 Å². The molecule has 1 aliphatic heterocycles. The smallest absolute Gasteiger partial charge is 0.271 e. The lowest BCUT2D eigenvalue weighted by molar-refractivity contribution is 0.0383. The van der Waals surface area contributed by atoms with Gasteiger partial charge in [0.1, 0.15) is 17.3 Å². The summed E-state index contributed by atoms with van der Waals surface area (Å²) in [4.78, 5) is 22.5. The zero-order valence-electron chi connectivity index (χ0n) is 13.7. The predicted octanol–water partition coefficient (Wildman–Crippen LogP) is 1.42. The normalized spacial score (nSPS) is 14.9. The van der Waals surface area contributed by atoms with Gasteiger partial charge in [0.2, 0.25) is 0 Å². The average Bonchev–Trinajstić information content (AvgIpc) is 2.63. The highest BCUT2D eigenvalue weighted by molar-refractivity contribution is 5.92. The van der Waals surface area contributed by atoms with Gasteiger partial charge < -0.3 is 15.4 Å². The molecule has 1 saturated heterocycles. The lowest BCUT2D eigenvalue weighted by Gasteiger charge is -2.26. The molecule has 0 radical (unpaired) electrons. The molecule has 0 atom stereocenters. The molecule has 0 spiro atoms. The summed E-state index contributed by atoms with van der Waals surface area (Å²) in [6, 6.07) is 6.04. The number of hydrogen-bond donors (Lipinski definition) is 2. The van der Waals surface area contributed by atoms with Crippen LogP contribution < -0.4 is 10.6 Å². The Morgan fingerprint density at radius 2 is 2.08 bits per heavy atom. The third kappa shape index (κ3) is 5.20. The minimum absolute atomic E-state index is 0.242. The molecule has 1 aromatic heterocycles. The molecule has 132 valence electrons. The number of carbonyl (C=O) groups is 1. The summed E-state index contributed by atoms with van der Waals surface area (Å²) >= 11 is 0. The van der Waals surface area contributed by atoms with Gasteiger partial charge in [-0.05, 0) is 18.2 Å². The molecule has 25 heavy (non-hydrogen) atoms. The third-order valence-corrected chi connectivity index (χ3v) is 3.80. The Morgan fingerprint density at radius 1 is 1.24 bits per heavy atom. The molecule has 0 aliphatic carbocycles. The number of aromatic nitrogens is 2. The van der Waals surface area contributed by atoms with E-state index in [-0.39, 0.29) is 17.4 Å². The molecule has 7 nitrogen and oxygen atoms in total. The summed E-state index contributed by atoms with van der Waals surface area (Å²) in [5, 5.41) is 5.76. The van der Waals surface area contributed by atoms with Crippen molar-refractivity contribution in [3.63, 3.8) is 0 Å². The van der Waals surface area contributed by atoms with Gasteiger partial charge in [0.05, 0.1) is 25.6 Å². The predicted molar refractivity (Wildman–Crippen MR) is 91.3 cm³/mol. The van der Waals surface area contributed by atoms with Crippen molar-refractivity contribution in [2.75, 3.05) is 44.7 Å². The highest BCUT2D eigenvalue weighted by Crippen LogP contribution is 2.14. The number of anilines is 2. The van der Waals surface area contributed by atoms with Crippen LogP contribution in [0.2, 0.25) is 0 Å². The number of nitrogens with one attached hydrogen (secondary N) is 2. The quantitative estimate of drug-likeness (QED) is 0.824. The van der Waals surface area contributed by atoms with Crippen molar-refractivity contribution in [2.45, 2.75) is 0 Å². The summed E-state index contributed by atoms with van der Waals surface area (Å²) in [5.41, 5.74) is 0.809. The summed E-state index contributed by atoms with van der Waals surface area (Å²) in [6.45, 7) is 4.57. The summed E-state index contributed by atoms with van der Waals surface area (Å²) in [7, 11) is 0. The molecule has 0 saturated carbocycles. The van der Waals surface area contributed by atoms with E-state index in [1.165, 1.54) is 24.5 Å². The van der Waals surface area contributed by atoms with E-state index in [9.17, 15) is 9.18 Å². The Labute approximate surface area is 145 Å². The molecule has 1 aliphatic rings. The van der Waals surface area contributed by atoms with Crippen LogP contribution >= 0.6 is 0 Å². The Bertz CT molecular complexity index is 704. The highest BCUT2D eigenvalue weighted by atomic mass is 19.1. The Morgan fingerprint density at radius 3 is 2.80 bits per heavy atom. The number of carbonyl (C=O) groups excluding carboxylic acids is 1. The van der Waals surface area contributed by atoms with E-state index in [2.05, 4.69) is 25.5 Å². The second-order valence-electron chi connectivity index (χ2n) is 5.63. The van der Waals surface area contributed by atoms with Crippen molar-refractivity contribution in [1.29, 1.82) is 0 Å². The number of hydrogen-bond acceptors (Lipinski definition) is 6. The van der Waals surface area contributed by atoms with Gasteiger partial charge in [-0.3, -0.25) is 9.69 Å². The molecule has 1 fully saturated rings. The van der Waals surface area contributed by atoms with Crippen LogP contribution in [-0.2, 0) is 4.74 Å². The maximum absolute atomic E-state index is 13.2. The van der Waals surface area contributed by atoms with Gasteiger partial charge >= 0.3 is 0 Å². The minimum atomic E-state index is -0.339. The number of nitrogens with zero attached hydrogens (tertiary/aromatic N) is 3. The monoisotopic (exact) mass is 345 g/mol. The molecule has 8 heteroatoms. The molecular weight excluding hydrogens is 325 g/mol. The Kier molecular flexibility index (Phi) is 5.86. The maximum atomic E-state index is 13.2. The zero-order chi connectivity index (χ0) is 17.5. The van der Waals surface area contributed by atoms with Crippen LogP contribution in [-0.4, -0.2) is 60.2 Å². The van der Waals surface area contributed by atoms with E-state index in [1.807, 2.05) is 0 Å². The van der Waals surface area contributed by atoms with Gasteiger partial charge in [0, 0.05) is 31.9 Å². The molecular formula is C17H20FN5O2. The fourth-order valence-corrected chi connectivity index (χ4v) is 2.47. The third-order valence-electron chi connectivity index (χ3n) is 3.80. The van der Waals surface area contributed by atoms with Crippen molar-refractivity contribution in [3.05, 3.63) is 48.2 Å². The van der Waals surface area contributed by atoms with Gasteiger partial charge in [-0.15, -0.1) is 0 Å². The highest BCUT2D eigenvalue weighted by Gasteiger charge is 2.12. The molecule has 2 N–H and O–H groups in total. The number of rotatable bonds is 6. The Balaban J connectivity index is 1.48. The maximum Gasteiger partial charge on any atom is 0.271 e. The summed E-state index contributed by atoms with van der Waals surface area (Å²) in [5.74, 6) is -0.164. The molecule has 3 rings (SSSR count). The number of morpholine rings is 1. The van der Waals surface area contributed by atoms with Crippen LogP contribution in [0.3, 0.4) is 0 Å². The van der Waals surface area contributed by atoms with Crippen molar-refractivity contribution in [3.8, 4) is 0 Å². The van der Waals surface area contributed by atoms with Crippen molar-refractivity contribution >= 4 is 17.4 Å². The molecule has 1 amide bonds. The van der Waals surface area contributed by atoms with Gasteiger partial charge in [-0.2, -0.15) is 0 Å². The van der Waals surface area contributed by atoms with Gasteiger partial charge in [0.25, 0.3) is 5.91 Å². The van der Waals surface area contributed by atoms with Crippen LogP contribution in [0.25, 0.3) is 0 Å².